The van der Waals surface area contributed by atoms with Crippen LogP contribution in [0.4, 0.5) is 5.69 Å². The largest absolute Gasteiger partial charge is 0.346 e. The third-order valence-corrected chi connectivity index (χ3v) is 5.18. The third-order valence-electron chi connectivity index (χ3n) is 3.56. The van der Waals surface area contributed by atoms with Crippen LogP contribution in [0.25, 0.3) is 0 Å². The van der Waals surface area contributed by atoms with Crippen molar-refractivity contribution in [2.45, 2.75) is 13.5 Å². The normalized spacial score (nSPS) is 11.8. The molecule has 0 radical (unpaired) electrons. The molecule has 134 valence electrons. The Kier molecular flexibility index (Phi) is 7.71. The molecule has 3 N–H and O–H groups in total. The van der Waals surface area contributed by atoms with Crippen molar-refractivity contribution in [2.75, 3.05) is 25.0 Å². The molecule has 0 aliphatic rings. The number of nitrogens with one attached hydrogen (secondary N) is 3. The highest BCUT2D eigenvalue weighted by Gasteiger charge is 2.17. The minimum absolute atomic E-state index is 0.0763. The zero-order chi connectivity index (χ0) is 18.2. The van der Waals surface area contributed by atoms with Crippen molar-refractivity contribution in [2.24, 2.45) is 0 Å². The van der Waals surface area contributed by atoms with Crippen LogP contribution < -0.4 is 15.5 Å². The summed E-state index contributed by atoms with van der Waals surface area (Å²) in [5.74, 6) is -0.256. The number of likely N-dealkylation sites (N-methyl/N-ethyl adjacent to an activating group) is 1. The molecule has 1 aromatic carbocycles. The van der Waals surface area contributed by atoms with Crippen LogP contribution in [0.1, 0.15) is 11.8 Å². The molecule has 1 unspecified atom stereocenters. The summed E-state index contributed by atoms with van der Waals surface area (Å²) in [5.41, 5.74) is 0.581. The number of amides is 2. The number of thiophene rings is 1. The first-order chi connectivity index (χ1) is 12.0. The highest BCUT2D eigenvalue weighted by Crippen LogP contribution is 2.24. The third kappa shape index (κ3) is 6.66. The average Bonchev–Trinajstić information content (AvgIpc) is 3.09. The lowest BCUT2D eigenvalue weighted by Crippen LogP contribution is -3.13. The molecule has 2 amide bonds. The van der Waals surface area contributed by atoms with Gasteiger partial charge in [-0.2, -0.15) is 0 Å². The van der Waals surface area contributed by atoms with Gasteiger partial charge in [0, 0.05) is 10.6 Å². The number of carbonyl (C=O) groups excluding carboxylic acids is 2. The molecule has 0 bridgehead atoms. The molecule has 0 aliphatic heterocycles. The van der Waals surface area contributed by atoms with E-state index >= 15 is 0 Å². The van der Waals surface area contributed by atoms with E-state index in [-0.39, 0.29) is 24.9 Å². The summed E-state index contributed by atoms with van der Waals surface area (Å²) in [4.78, 5) is 26.2. The quantitative estimate of drug-likeness (QED) is 0.635. The number of rotatable bonds is 8. The van der Waals surface area contributed by atoms with Gasteiger partial charge in [0.05, 0.1) is 23.1 Å². The summed E-state index contributed by atoms with van der Waals surface area (Å²) < 4.78 is 0. The molecule has 1 aromatic heterocycles. The molecule has 1 heterocycles. The van der Waals surface area contributed by atoms with E-state index in [0.29, 0.717) is 28.8 Å². The van der Waals surface area contributed by atoms with E-state index in [0.717, 1.165) is 9.78 Å². The van der Waals surface area contributed by atoms with Gasteiger partial charge in [0.25, 0.3) is 11.8 Å². The highest BCUT2D eigenvalue weighted by atomic mass is 35.5. The van der Waals surface area contributed by atoms with Crippen molar-refractivity contribution in [3.05, 3.63) is 50.6 Å². The molecule has 2 rings (SSSR count). The van der Waals surface area contributed by atoms with Crippen LogP contribution in [0.5, 0.6) is 0 Å². The Balaban J connectivity index is 1.80. The van der Waals surface area contributed by atoms with E-state index in [4.69, 9.17) is 23.2 Å². The molecule has 25 heavy (non-hydrogen) atoms. The fourth-order valence-corrected chi connectivity index (χ4v) is 3.15. The fourth-order valence-electron chi connectivity index (χ4n) is 2.21. The van der Waals surface area contributed by atoms with Gasteiger partial charge in [-0.1, -0.05) is 29.3 Å². The molecule has 0 spiro atoms. The summed E-state index contributed by atoms with van der Waals surface area (Å²) in [6, 6.07) is 8.83. The molecule has 2 aromatic rings. The first-order valence-corrected chi connectivity index (χ1v) is 9.49. The number of halogens is 2. The van der Waals surface area contributed by atoms with Crippen molar-refractivity contribution in [3.63, 3.8) is 0 Å². The number of quaternary nitrogens is 1. The second-order valence-corrected chi connectivity index (χ2v) is 7.34. The second kappa shape index (κ2) is 9.77. The maximum atomic E-state index is 12.2. The van der Waals surface area contributed by atoms with Gasteiger partial charge >= 0.3 is 0 Å². The molecular weight excluding hydrogens is 381 g/mol. The van der Waals surface area contributed by atoms with Gasteiger partial charge < -0.3 is 15.5 Å². The smallest absolute Gasteiger partial charge is 0.279 e. The maximum absolute atomic E-state index is 12.2. The SMILES string of the molecule is CC[NH+](CC(=O)NCc1cccs1)CC(=O)Nc1ccc(Cl)c(Cl)c1. The summed E-state index contributed by atoms with van der Waals surface area (Å²) in [5, 5.41) is 8.43. The van der Waals surface area contributed by atoms with Gasteiger partial charge in [-0.25, -0.2) is 0 Å². The lowest BCUT2D eigenvalue weighted by molar-refractivity contribution is -0.881. The lowest BCUT2D eigenvalue weighted by atomic mass is 10.3. The molecule has 0 fully saturated rings. The van der Waals surface area contributed by atoms with Gasteiger partial charge in [-0.15, -0.1) is 11.3 Å². The summed E-state index contributed by atoms with van der Waals surface area (Å²) in [7, 11) is 0. The van der Waals surface area contributed by atoms with Crippen molar-refractivity contribution >= 4 is 52.0 Å². The Bertz CT molecular complexity index is 723. The summed E-state index contributed by atoms with van der Waals surface area (Å²) >= 11 is 13.4. The summed E-state index contributed by atoms with van der Waals surface area (Å²) in [6.45, 7) is 3.57. The molecule has 1 atom stereocenters. The Morgan fingerprint density at radius 2 is 1.88 bits per heavy atom. The fraction of sp³-hybridized carbons (Fsp3) is 0.294. The van der Waals surface area contributed by atoms with E-state index in [1.54, 1.807) is 29.5 Å². The van der Waals surface area contributed by atoms with Crippen molar-refractivity contribution in [1.82, 2.24) is 5.32 Å². The van der Waals surface area contributed by atoms with E-state index < -0.39 is 0 Å². The van der Waals surface area contributed by atoms with Crippen LogP contribution in [0.2, 0.25) is 10.0 Å². The lowest BCUT2D eigenvalue weighted by Gasteiger charge is -2.17. The standard InChI is InChI=1S/C17H19Cl2N3O2S/c1-2-22(10-16(23)20-9-13-4-3-7-25-13)11-17(24)21-12-5-6-14(18)15(19)8-12/h3-8H,2,9-11H2,1H3,(H,20,23)(H,21,24)/p+1. The van der Waals surface area contributed by atoms with Gasteiger partial charge in [0.1, 0.15) is 0 Å². The van der Waals surface area contributed by atoms with Gasteiger partial charge in [-0.05, 0) is 36.6 Å². The number of anilines is 1. The average molecular weight is 401 g/mol. The van der Waals surface area contributed by atoms with E-state index in [2.05, 4.69) is 10.6 Å². The topological polar surface area (TPSA) is 62.6 Å². The zero-order valence-corrected chi connectivity index (χ0v) is 16.1. The van der Waals surface area contributed by atoms with Gasteiger partial charge in [0.15, 0.2) is 13.1 Å². The predicted molar refractivity (Wildman–Crippen MR) is 102 cm³/mol. The minimum Gasteiger partial charge on any atom is -0.346 e. The first-order valence-electron chi connectivity index (χ1n) is 7.85. The van der Waals surface area contributed by atoms with Crippen LogP contribution in [-0.4, -0.2) is 31.4 Å². The van der Waals surface area contributed by atoms with Crippen LogP contribution in [0.15, 0.2) is 35.7 Å². The number of hydrogen-bond donors (Lipinski definition) is 3. The van der Waals surface area contributed by atoms with Crippen molar-refractivity contribution < 1.29 is 14.5 Å². The maximum Gasteiger partial charge on any atom is 0.279 e. The van der Waals surface area contributed by atoms with Crippen LogP contribution in [0, 0.1) is 0 Å². The highest BCUT2D eigenvalue weighted by molar-refractivity contribution is 7.09. The van der Waals surface area contributed by atoms with E-state index in [1.807, 2.05) is 24.4 Å². The minimum atomic E-state index is -0.179. The molecule has 0 saturated heterocycles. The Labute approximate surface area is 160 Å². The Morgan fingerprint density at radius 1 is 1.12 bits per heavy atom. The molecular formula is C17H20Cl2N3O2S+. The van der Waals surface area contributed by atoms with E-state index in [1.165, 1.54) is 0 Å². The summed E-state index contributed by atoms with van der Waals surface area (Å²) in [6.07, 6.45) is 0. The van der Waals surface area contributed by atoms with Crippen LogP contribution in [-0.2, 0) is 16.1 Å². The van der Waals surface area contributed by atoms with Crippen LogP contribution in [0.3, 0.4) is 0 Å². The molecule has 8 heteroatoms. The number of carbonyl (C=O) groups is 2. The molecule has 5 nitrogen and oxygen atoms in total. The predicted octanol–water partition coefficient (Wildman–Crippen LogP) is 2.21. The van der Waals surface area contributed by atoms with Crippen LogP contribution >= 0.6 is 34.5 Å². The monoisotopic (exact) mass is 400 g/mol. The first kappa shape index (κ1) is 19.7. The zero-order valence-electron chi connectivity index (χ0n) is 13.8. The van der Waals surface area contributed by atoms with E-state index in [9.17, 15) is 9.59 Å². The van der Waals surface area contributed by atoms with Gasteiger partial charge in [0.2, 0.25) is 0 Å². The number of hydrogen-bond acceptors (Lipinski definition) is 3. The second-order valence-electron chi connectivity index (χ2n) is 5.49. The van der Waals surface area contributed by atoms with Gasteiger partial charge in [-0.3, -0.25) is 9.59 Å². The molecule has 0 aliphatic carbocycles. The Morgan fingerprint density at radius 3 is 2.52 bits per heavy atom. The van der Waals surface area contributed by atoms with Crippen molar-refractivity contribution in [3.8, 4) is 0 Å². The van der Waals surface area contributed by atoms with Crippen molar-refractivity contribution in [1.29, 1.82) is 0 Å². The molecule has 0 saturated carbocycles. The number of benzene rings is 1. The Hall–Kier alpha value is -1.60.